The van der Waals surface area contributed by atoms with Gasteiger partial charge < -0.3 is 0 Å². The number of hydrogen-bond donors (Lipinski definition) is 1. The summed E-state index contributed by atoms with van der Waals surface area (Å²) >= 11 is 0. The van der Waals surface area contributed by atoms with Gasteiger partial charge in [-0.05, 0) is 37.1 Å². The van der Waals surface area contributed by atoms with Crippen molar-refractivity contribution >= 4 is 19.9 Å². The maximum absolute atomic E-state index is 12.8. The SMILES string of the molecule is CN(CCCc1cc(-c2ccccc2)n[nH]1)S(=O)(=O)c1cccc(S(C)(=O)=O)c1. The van der Waals surface area contributed by atoms with E-state index in [-0.39, 0.29) is 9.79 Å². The van der Waals surface area contributed by atoms with Crippen LogP contribution in [-0.2, 0) is 26.3 Å². The van der Waals surface area contributed by atoms with Crippen LogP contribution in [0, 0.1) is 0 Å². The van der Waals surface area contributed by atoms with Crippen molar-refractivity contribution in [1.29, 1.82) is 0 Å². The lowest BCUT2D eigenvalue weighted by molar-refractivity contribution is 0.460. The number of hydrogen-bond acceptors (Lipinski definition) is 5. The lowest BCUT2D eigenvalue weighted by atomic mass is 10.1. The highest BCUT2D eigenvalue weighted by Crippen LogP contribution is 2.20. The number of nitrogens with one attached hydrogen (secondary N) is 1. The molecule has 1 N–H and O–H groups in total. The quantitative estimate of drug-likeness (QED) is 0.589. The van der Waals surface area contributed by atoms with Crippen LogP contribution >= 0.6 is 0 Å². The van der Waals surface area contributed by atoms with Crippen molar-refractivity contribution < 1.29 is 16.8 Å². The molecule has 1 aromatic heterocycles. The lowest BCUT2D eigenvalue weighted by Gasteiger charge is -2.17. The monoisotopic (exact) mass is 433 g/mol. The molecule has 0 saturated carbocycles. The highest BCUT2D eigenvalue weighted by Gasteiger charge is 2.22. The molecule has 0 amide bonds. The van der Waals surface area contributed by atoms with E-state index in [0.29, 0.717) is 19.4 Å². The van der Waals surface area contributed by atoms with Crippen molar-refractivity contribution in [3.63, 3.8) is 0 Å². The van der Waals surface area contributed by atoms with E-state index in [0.717, 1.165) is 23.2 Å². The van der Waals surface area contributed by atoms with Crippen molar-refractivity contribution in [2.24, 2.45) is 0 Å². The minimum absolute atomic E-state index is 0.0159. The Kier molecular flexibility index (Phi) is 6.21. The van der Waals surface area contributed by atoms with Gasteiger partial charge in [-0.2, -0.15) is 5.10 Å². The first kappa shape index (κ1) is 21.2. The highest BCUT2D eigenvalue weighted by atomic mass is 32.2. The number of aromatic nitrogens is 2. The molecule has 3 rings (SSSR count). The fourth-order valence-corrected chi connectivity index (χ4v) is 4.90. The second kappa shape index (κ2) is 8.48. The van der Waals surface area contributed by atoms with Gasteiger partial charge in [-0.15, -0.1) is 0 Å². The Morgan fingerprint density at radius 2 is 1.62 bits per heavy atom. The molecule has 0 aliphatic carbocycles. The van der Waals surface area contributed by atoms with Crippen LogP contribution in [0.3, 0.4) is 0 Å². The van der Waals surface area contributed by atoms with Crippen molar-refractivity contribution in [2.45, 2.75) is 22.6 Å². The first-order valence-corrected chi connectivity index (χ1v) is 12.4. The van der Waals surface area contributed by atoms with E-state index in [9.17, 15) is 16.8 Å². The Bertz CT molecular complexity index is 1190. The predicted octanol–water partition coefficient (Wildman–Crippen LogP) is 2.73. The average molecular weight is 434 g/mol. The molecule has 7 nitrogen and oxygen atoms in total. The Morgan fingerprint density at radius 1 is 0.931 bits per heavy atom. The standard InChI is InChI=1S/C20H23N3O4S2/c1-23(29(26,27)19-12-6-11-18(15-19)28(2,24)25)13-7-10-17-14-20(22-21-17)16-8-4-3-5-9-16/h3-6,8-9,11-12,14-15H,7,10,13H2,1-2H3,(H,21,22). The molecule has 0 spiro atoms. The van der Waals surface area contributed by atoms with Crippen LogP contribution in [0.5, 0.6) is 0 Å². The van der Waals surface area contributed by atoms with Gasteiger partial charge in [0.2, 0.25) is 10.0 Å². The number of rotatable bonds is 8. The summed E-state index contributed by atoms with van der Waals surface area (Å²) in [4.78, 5) is -0.0475. The minimum atomic E-state index is -3.77. The zero-order chi connectivity index (χ0) is 21.1. The van der Waals surface area contributed by atoms with Crippen LogP contribution in [0.2, 0.25) is 0 Å². The molecule has 0 atom stereocenters. The first-order valence-electron chi connectivity index (χ1n) is 9.04. The fourth-order valence-electron chi connectivity index (χ4n) is 2.90. The Morgan fingerprint density at radius 3 is 2.31 bits per heavy atom. The largest absolute Gasteiger partial charge is 0.282 e. The van der Waals surface area contributed by atoms with Crippen LogP contribution in [0.25, 0.3) is 11.3 Å². The van der Waals surface area contributed by atoms with Crippen LogP contribution in [0.4, 0.5) is 0 Å². The van der Waals surface area contributed by atoms with Gasteiger partial charge in [0.15, 0.2) is 9.84 Å². The molecule has 1 heterocycles. The molecule has 0 aliphatic heterocycles. The number of nitrogens with zero attached hydrogens (tertiary/aromatic N) is 2. The summed E-state index contributed by atoms with van der Waals surface area (Å²) in [7, 11) is -5.76. The number of benzene rings is 2. The molecule has 0 saturated heterocycles. The number of aromatic amines is 1. The first-order chi connectivity index (χ1) is 13.7. The van der Waals surface area contributed by atoms with Crippen LogP contribution in [0.1, 0.15) is 12.1 Å². The lowest BCUT2D eigenvalue weighted by Crippen LogP contribution is -2.28. The van der Waals surface area contributed by atoms with Crippen molar-refractivity contribution in [3.05, 3.63) is 66.4 Å². The molecule has 0 unspecified atom stereocenters. The Balaban J connectivity index is 1.63. The Labute approximate surface area is 171 Å². The Hall–Kier alpha value is -2.49. The fraction of sp³-hybridized carbons (Fsp3) is 0.250. The summed E-state index contributed by atoms with van der Waals surface area (Å²) in [6, 6.07) is 17.2. The van der Waals surface area contributed by atoms with Gasteiger partial charge >= 0.3 is 0 Å². The zero-order valence-corrected chi connectivity index (χ0v) is 17.9. The molecule has 3 aromatic rings. The maximum atomic E-state index is 12.8. The van der Waals surface area contributed by atoms with Crippen molar-refractivity contribution in [2.75, 3.05) is 19.8 Å². The highest BCUT2D eigenvalue weighted by molar-refractivity contribution is 7.91. The van der Waals surface area contributed by atoms with Crippen molar-refractivity contribution in [3.8, 4) is 11.3 Å². The molecule has 9 heteroatoms. The van der Waals surface area contributed by atoms with E-state index in [2.05, 4.69) is 10.2 Å². The van der Waals surface area contributed by atoms with Gasteiger partial charge in [-0.3, -0.25) is 5.10 Å². The predicted molar refractivity (Wildman–Crippen MR) is 112 cm³/mol. The molecule has 0 aliphatic rings. The van der Waals surface area contributed by atoms with Crippen LogP contribution < -0.4 is 0 Å². The smallest absolute Gasteiger partial charge is 0.242 e. The van der Waals surface area contributed by atoms with Gasteiger partial charge in [-0.25, -0.2) is 21.1 Å². The summed E-state index contributed by atoms with van der Waals surface area (Å²) in [6.07, 6.45) is 2.29. The van der Waals surface area contributed by atoms with E-state index in [1.54, 1.807) is 0 Å². The molecule has 29 heavy (non-hydrogen) atoms. The van der Waals surface area contributed by atoms with Crippen molar-refractivity contribution in [1.82, 2.24) is 14.5 Å². The summed E-state index contributed by atoms with van der Waals surface area (Å²) in [5.41, 5.74) is 2.79. The zero-order valence-electron chi connectivity index (χ0n) is 16.2. The number of sulfone groups is 1. The number of sulfonamides is 1. The van der Waals surface area contributed by atoms with Gasteiger partial charge in [0, 0.05) is 31.1 Å². The number of aryl methyl sites for hydroxylation is 1. The minimum Gasteiger partial charge on any atom is -0.282 e. The van der Waals surface area contributed by atoms with Gasteiger partial charge in [-0.1, -0.05) is 36.4 Å². The van der Waals surface area contributed by atoms with E-state index in [1.807, 2.05) is 36.4 Å². The van der Waals surface area contributed by atoms with E-state index >= 15 is 0 Å². The van der Waals surface area contributed by atoms with Crippen LogP contribution in [-0.4, -0.2) is 51.2 Å². The normalized spacial score (nSPS) is 12.4. The van der Waals surface area contributed by atoms with Gasteiger partial charge in [0.05, 0.1) is 15.5 Å². The van der Waals surface area contributed by atoms with E-state index in [4.69, 9.17) is 0 Å². The van der Waals surface area contributed by atoms with Crippen LogP contribution in [0.15, 0.2) is 70.5 Å². The van der Waals surface area contributed by atoms with Gasteiger partial charge in [0.25, 0.3) is 0 Å². The molecule has 2 aromatic carbocycles. The second-order valence-electron chi connectivity index (χ2n) is 6.82. The van der Waals surface area contributed by atoms with Gasteiger partial charge in [0.1, 0.15) is 0 Å². The maximum Gasteiger partial charge on any atom is 0.242 e. The summed E-state index contributed by atoms with van der Waals surface area (Å²) in [5.74, 6) is 0. The summed E-state index contributed by atoms with van der Waals surface area (Å²) in [5, 5.41) is 7.29. The molecule has 0 radical (unpaired) electrons. The summed E-state index contributed by atoms with van der Waals surface area (Å²) < 4.78 is 50.1. The molecule has 0 bridgehead atoms. The topological polar surface area (TPSA) is 100 Å². The number of H-pyrrole nitrogens is 1. The third-order valence-electron chi connectivity index (χ3n) is 4.56. The molecular formula is C20H23N3O4S2. The second-order valence-corrected chi connectivity index (χ2v) is 10.9. The third-order valence-corrected chi connectivity index (χ3v) is 7.52. The summed E-state index contributed by atoms with van der Waals surface area (Å²) in [6.45, 7) is 0.297. The van der Waals surface area contributed by atoms with E-state index < -0.39 is 19.9 Å². The molecule has 154 valence electrons. The molecule has 0 fully saturated rings. The third kappa shape index (κ3) is 5.11. The molecular weight excluding hydrogens is 410 g/mol. The average Bonchev–Trinajstić information content (AvgIpc) is 3.17. The van der Waals surface area contributed by atoms with E-state index in [1.165, 1.54) is 35.6 Å².